The predicted molar refractivity (Wildman–Crippen MR) is 89.0 cm³/mol. The van der Waals surface area contributed by atoms with Crippen LogP contribution in [-0.4, -0.2) is 45.3 Å². The Bertz CT molecular complexity index is 734. The Morgan fingerprint density at radius 1 is 1.38 bits per heavy atom. The van der Waals surface area contributed by atoms with E-state index < -0.39 is 0 Å². The molecule has 0 N–H and O–H groups in total. The molecule has 1 amide bonds. The van der Waals surface area contributed by atoms with Gasteiger partial charge in [0.15, 0.2) is 0 Å². The van der Waals surface area contributed by atoms with E-state index in [4.69, 9.17) is 16.3 Å². The Kier molecular flexibility index (Phi) is 4.14. The third-order valence-electron chi connectivity index (χ3n) is 4.80. The van der Waals surface area contributed by atoms with Gasteiger partial charge in [0.05, 0.1) is 12.0 Å². The lowest BCUT2D eigenvalue weighted by atomic mass is 9.94. The maximum atomic E-state index is 12.9. The lowest BCUT2D eigenvalue weighted by Gasteiger charge is -2.36. The first-order chi connectivity index (χ1) is 11.7. The van der Waals surface area contributed by atoms with E-state index in [2.05, 4.69) is 10.1 Å². The number of rotatable bonds is 2. The fourth-order valence-corrected chi connectivity index (χ4v) is 3.75. The lowest BCUT2D eigenvalue weighted by molar-refractivity contribution is -0.138. The summed E-state index contributed by atoms with van der Waals surface area (Å²) in [6, 6.07) is 5.79. The van der Waals surface area contributed by atoms with Crippen LogP contribution in [0.5, 0.6) is 5.75 Å². The van der Waals surface area contributed by atoms with Gasteiger partial charge >= 0.3 is 0 Å². The van der Waals surface area contributed by atoms with Crippen molar-refractivity contribution in [1.29, 1.82) is 0 Å². The largest absolute Gasteiger partial charge is 0.492 e. The van der Waals surface area contributed by atoms with Gasteiger partial charge in [0.1, 0.15) is 25.0 Å². The van der Waals surface area contributed by atoms with E-state index in [0.29, 0.717) is 24.6 Å². The van der Waals surface area contributed by atoms with E-state index >= 15 is 0 Å². The van der Waals surface area contributed by atoms with Crippen molar-refractivity contribution in [3.63, 3.8) is 0 Å². The van der Waals surface area contributed by atoms with Gasteiger partial charge in [0, 0.05) is 18.1 Å². The number of hydrogen-bond donors (Lipinski definition) is 0. The molecule has 0 radical (unpaired) electrons. The molecule has 126 valence electrons. The number of hydrogen-bond acceptors (Lipinski definition) is 4. The summed E-state index contributed by atoms with van der Waals surface area (Å²) in [5.41, 5.74) is 1.01. The molecule has 1 aromatic carbocycles. The molecule has 7 heteroatoms. The van der Waals surface area contributed by atoms with Crippen molar-refractivity contribution < 1.29 is 9.53 Å². The average molecular weight is 347 g/mol. The minimum Gasteiger partial charge on any atom is -0.492 e. The minimum atomic E-state index is -0.148. The van der Waals surface area contributed by atoms with Crippen LogP contribution in [0.2, 0.25) is 5.02 Å². The van der Waals surface area contributed by atoms with Gasteiger partial charge in [-0.25, -0.2) is 9.67 Å². The van der Waals surface area contributed by atoms with Crippen LogP contribution in [0.1, 0.15) is 24.4 Å². The summed E-state index contributed by atoms with van der Waals surface area (Å²) in [6.07, 6.45) is 5.94. The van der Waals surface area contributed by atoms with Gasteiger partial charge in [0.2, 0.25) is 5.91 Å². The van der Waals surface area contributed by atoms with Gasteiger partial charge in [-0.15, -0.1) is 0 Å². The number of piperidine rings is 1. The maximum Gasteiger partial charge on any atom is 0.229 e. The molecule has 2 aromatic rings. The first kappa shape index (κ1) is 15.4. The molecule has 0 bridgehead atoms. The van der Waals surface area contributed by atoms with Gasteiger partial charge in [-0.2, -0.15) is 5.10 Å². The van der Waals surface area contributed by atoms with Crippen molar-refractivity contribution in [1.82, 2.24) is 19.7 Å². The first-order valence-electron chi connectivity index (χ1n) is 8.25. The molecule has 0 spiro atoms. The Morgan fingerprint density at radius 2 is 2.29 bits per heavy atom. The number of carbonyl (C=O) groups excluding carboxylic acids is 1. The number of amides is 1. The van der Waals surface area contributed by atoms with Gasteiger partial charge in [-0.05, 0) is 43.0 Å². The molecule has 2 atom stereocenters. The standard InChI is InChI=1S/C17H19ClN4O2/c18-14-3-4-16-12(7-14)6-13(9-24-16)17(23)21-5-1-2-15(8-21)22-11-19-10-20-22/h3-4,7,10-11,13,15H,1-2,5-6,8-9H2/t13-,15+/m1/s1. The number of fused-ring (bicyclic) bond motifs is 1. The van der Waals surface area contributed by atoms with Crippen molar-refractivity contribution in [2.75, 3.05) is 19.7 Å². The number of halogens is 1. The lowest BCUT2D eigenvalue weighted by Crippen LogP contribution is -2.46. The van der Waals surface area contributed by atoms with Crippen molar-refractivity contribution in [3.05, 3.63) is 41.4 Å². The van der Waals surface area contributed by atoms with Crippen molar-refractivity contribution >= 4 is 17.5 Å². The zero-order chi connectivity index (χ0) is 16.5. The van der Waals surface area contributed by atoms with E-state index in [1.54, 1.807) is 6.33 Å². The molecule has 1 saturated heterocycles. The third-order valence-corrected chi connectivity index (χ3v) is 5.03. The predicted octanol–water partition coefficient (Wildman–Crippen LogP) is 2.35. The zero-order valence-corrected chi connectivity index (χ0v) is 14.0. The monoisotopic (exact) mass is 346 g/mol. The Morgan fingerprint density at radius 3 is 3.12 bits per heavy atom. The Balaban J connectivity index is 1.46. The topological polar surface area (TPSA) is 60.2 Å². The summed E-state index contributed by atoms with van der Waals surface area (Å²) in [5.74, 6) is 0.846. The summed E-state index contributed by atoms with van der Waals surface area (Å²) < 4.78 is 7.62. The average Bonchev–Trinajstić information content (AvgIpc) is 3.15. The highest BCUT2D eigenvalue weighted by molar-refractivity contribution is 6.30. The van der Waals surface area contributed by atoms with E-state index in [9.17, 15) is 4.79 Å². The molecule has 6 nitrogen and oxygen atoms in total. The Hall–Kier alpha value is -2.08. The smallest absolute Gasteiger partial charge is 0.229 e. The highest BCUT2D eigenvalue weighted by Crippen LogP contribution is 2.31. The number of nitrogens with zero attached hydrogens (tertiary/aromatic N) is 4. The second-order valence-corrected chi connectivity index (χ2v) is 6.86. The molecule has 4 rings (SSSR count). The maximum absolute atomic E-state index is 12.9. The highest BCUT2D eigenvalue weighted by Gasteiger charge is 2.32. The number of benzene rings is 1. The van der Waals surface area contributed by atoms with Crippen molar-refractivity contribution in [2.24, 2.45) is 5.92 Å². The van der Waals surface area contributed by atoms with Gasteiger partial charge < -0.3 is 9.64 Å². The fourth-order valence-electron chi connectivity index (χ4n) is 3.56. The first-order valence-corrected chi connectivity index (χ1v) is 8.62. The summed E-state index contributed by atoms with van der Waals surface area (Å²) in [4.78, 5) is 18.9. The number of aromatic nitrogens is 3. The van der Waals surface area contributed by atoms with Crippen LogP contribution >= 0.6 is 11.6 Å². The van der Waals surface area contributed by atoms with Gasteiger partial charge in [-0.3, -0.25) is 4.79 Å². The van der Waals surface area contributed by atoms with E-state index in [1.165, 1.54) is 6.33 Å². The van der Waals surface area contributed by atoms with Gasteiger partial charge in [-0.1, -0.05) is 11.6 Å². The third kappa shape index (κ3) is 2.98. The molecular formula is C17H19ClN4O2. The van der Waals surface area contributed by atoms with Crippen LogP contribution in [0, 0.1) is 5.92 Å². The quantitative estimate of drug-likeness (QED) is 0.837. The normalized spacial score (nSPS) is 23.5. The van der Waals surface area contributed by atoms with Crippen LogP contribution in [-0.2, 0) is 11.2 Å². The minimum absolute atomic E-state index is 0.148. The molecule has 1 fully saturated rings. The molecular weight excluding hydrogens is 328 g/mol. The zero-order valence-electron chi connectivity index (χ0n) is 13.3. The summed E-state index contributed by atoms with van der Waals surface area (Å²) in [6.45, 7) is 1.90. The molecule has 2 aliphatic heterocycles. The molecule has 24 heavy (non-hydrogen) atoms. The number of likely N-dealkylation sites (tertiary alicyclic amines) is 1. The molecule has 0 unspecified atom stereocenters. The summed E-state index contributed by atoms with van der Waals surface area (Å²) in [7, 11) is 0. The van der Waals surface area contributed by atoms with Crippen LogP contribution < -0.4 is 4.74 Å². The van der Waals surface area contributed by atoms with Crippen LogP contribution in [0.15, 0.2) is 30.9 Å². The number of carbonyl (C=O) groups is 1. The van der Waals surface area contributed by atoms with E-state index in [1.807, 2.05) is 27.8 Å². The van der Waals surface area contributed by atoms with Gasteiger partial charge in [0.25, 0.3) is 0 Å². The Labute approximate surface area is 145 Å². The van der Waals surface area contributed by atoms with E-state index in [-0.39, 0.29) is 17.9 Å². The molecule has 0 aliphatic carbocycles. The molecule has 1 aromatic heterocycles. The van der Waals surface area contributed by atoms with E-state index in [0.717, 1.165) is 30.7 Å². The van der Waals surface area contributed by atoms with Crippen LogP contribution in [0.4, 0.5) is 0 Å². The molecule has 2 aliphatic rings. The molecule has 0 saturated carbocycles. The SMILES string of the molecule is O=C([C@H]1COc2ccc(Cl)cc2C1)N1CCC[C@H](n2cncn2)C1. The van der Waals surface area contributed by atoms with Crippen LogP contribution in [0.3, 0.4) is 0 Å². The number of ether oxygens (including phenoxy) is 1. The summed E-state index contributed by atoms with van der Waals surface area (Å²) in [5, 5.41) is 4.89. The van der Waals surface area contributed by atoms with Crippen molar-refractivity contribution in [3.8, 4) is 5.75 Å². The second-order valence-electron chi connectivity index (χ2n) is 6.42. The molecule has 3 heterocycles. The summed E-state index contributed by atoms with van der Waals surface area (Å²) >= 11 is 6.06. The van der Waals surface area contributed by atoms with Crippen LogP contribution in [0.25, 0.3) is 0 Å². The second kappa shape index (κ2) is 6.43. The van der Waals surface area contributed by atoms with Crippen molar-refractivity contribution in [2.45, 2.75) is 25.3 Å². The highest BCUT2D eigenvalue weighted by atomic mass is 35.5. The fraction of sp³-hybridized carbons (Fsp3) is 0.471.